The van der Waals surface area contributed by atoms with Gasteiger partial charge in [0, 0.05) is 17.3 Å². The van der Waals surface area contributed by atoms with Gasteiger partial charge in [0.1, 0.15) is 0 Å². The molecular weight excluding hydrogens is 294 g/mol. The second-order valence-corrected chi connectivity index (χ2v) is 7.34. The number of carbonyl (C=O) groups excluding carboxylic acids is 1. The highest BCUT2D eigenvalue weighted by Gasteiger charge is 2.51. The van der Waals surface area contributed by atoms with E-state index in [4.69, 9.17) is 11.6 Å². The maximum absolute atomic E-state index is 12.4. The Morgan fingerprint density at radius 2 is 2.00 bits per heavy atom. The van der Waals surface area contributed by atoms with Crippen LogP contribution < -0.4 is 5.32 Å². The molecule has 20 heavy (non-hydrogen) atoms. The Kier molecular flexibility index (Phi) is 3.73. The minimum absolute atomic E-state index is 0.0325. The van der Waals surface area contributed by atoms with Gasteiger partial charge in [-0.25, -0.2) is 0 Å². The molecule has 1 heterocycles. The molecule has 2 aliphatic rings. The Balaban J connectivity index is 1.66. The van der Waals surface area contributed by atoms with Gasteiger partial charge in [0.25, 0.3) is 0 Å². The third-order valence-electron chi connectivity index (χ3n) is 4.24. The van der Waals surface area contributed by atoms with E-state index in [0.29, 0.717) is 17.3 Å². The minimum atomic E-state index is -0.726. The van der Waals surface area contributed by atoms with Crippen molar-refractivity contribution in [2.45, 2.75) is 30.3 Å². The Morgan fingerprint density at radius 1 is 1.30 bits per heavy atom. The summed E-state index contributed by atoms with van der Waals surface area (Å²) < 4.78 is 0. The first-order valence-corrected chi connectivity index (χ1v) is 8.42. The van der Waals surface area contributed by atoms with E-state index in [1.54, 1.807) is 11.8 Å². The maximum Gasteiger partial charge on any atom is 0.230 e. The quantitative estimate of drug-likeness (QED) is 0.897. The van der Waals surface area contributed by atoms with Crippen molar-refractivity contribution >= 4 is 29.3 Å². The zero-order valence-electron chi connectivity index (χ0n) is 11.2. The molecule has 1 aliphatic heterocycles. The van der Waals surface area contributed by atoms with E-state index < -0.39 is 11.0 Å². The van der Waals surface area contributed by atoms with Crippen LogP contribution in [-0.4, -0.2) is 34.7 Å². The normalized spacial score (nSPS) is 27.3. The number of carbonyl (C=O) groups is 1. The molecule has 1 amide bonds. The Hall–Kier alpha value is -0.710. The topological polar surface area (TPSA) is 49.3 Å². The van der Waals surface area contributed by atoms with Crippen LogP contribution in [0.2, 0.25) is 5.02 Å². The molecule has 1 aliphatic carbocycles. The molecule has 108 valence electrons. The summed E-state index contributed by atoms with van der Waals surface area (Å²) in [5, 5.41) is 13.9. The van der Waals surface area contributed by atoms with Gasteiger partial charge in [0.15, 0.2) is 0 Å². The van der Waals surface area contributed by atoms with E-state index >= 15 is 0 Å². The SMILES string of the molecule is O=C(NC[C@@]1(O)CCSC1)C1(c2ccc(Cl)cc2)CC1. The van der Waals surface area contributed by atoms with E-state index in [9.17, 15) is 9.90 Å². The molecule has 0 bridgehead atoms. The van der Waals surface area contributed by atoms with Crippen molar-refractivity contribution in [2.24, 2.45) is 0 Å². The summed E-state index contributed by atoms with van der Waals surface area (Å²) in [6.07, 6.45) is 2.49. The average molecular weight is 312 g/mol. The fourth-order valence-corrected chi connectivity index (χ4v) is 4.11. The third-order valence-corrected chi connectivity index (χ3v) is 5.73. The zero-order valence-corrected chi connectivity index (χ0v) is 12.8. The van der Waals surface area contributed by atoms with Crippen LogP contribution in [-0.2, 0) is 10.2 Å². The van der Waals surface area contributed by atoms with Gasteiger partial charge in [-0.15, -0.1) is 0 Å². The largest absolute Gasteiger partial charge is 0.387 e. The van der Waals surface area contributed by atoms with Gasteiger partial charge in [-0.2, -0.15) is 11.8 Å². The number of hydrogen-bond acceptors (Lipinski definition) is 3. The number of thioether (sulfide) groups is 1. The molecule has 1 saturated heterocycles. The Bertz CT molecular complexity index is 507. The van der Waals surface area contributed by atoms with Crippen LogP contribution in [0.3, 0.4) is 0 Å². The molecule has 0 radical (unpaired) electrons. The third kappa shape index (κ3) is 2.69. The summed E-state index contributed by atoms with van der Waals surface area (Å²) in [6, 6.07) is 7.50. The van der Waals surface area contributed by atoms with Crippen molar-refractivity contribution in [1.82, 2.24) is 5.32 Å². The van der Waals surface area contributed by atoms with Gasteiger partial charge in [-0.05, 0) is 42.7 Å². The van der Waals surface area contributed by atoms with Gasteiger partial charge in [0.2, 0.25) is 5.91 Å². The second kappa shape index (κ2) is 5.24. The van der Waals surface area contributed by atoms with E-state index in [1.165, 1.54) is 0 Å². The van der Waals surface area contributed by atoms with Gasteiger partial charge < -0.3 is 10.4 Å². The standard InChI is InChI=1S/C15H18ClNO2S/c16-12-3-1-11(2-4-12)15(5-6-15)13(18)17-9-14(19)7-8-20-10-14/h1-4,19H,5-10H2,(H,17,18)/t14-/m0/s1. The second-order valence-electron chi connectivity index (χ2n) is 5.80. The van der Waals surface area contributed by atoms with Crippen LogP contribution in [0.15, 0.2) is 24.3 Å². The van der Waals surface area contributed by atoms with Gasteiger partial charge in [-0.1, -0.05) is 23.7 Å². The molecule has 0 spiro atoms. The van der Waals surface area contributed by atoms with Crippen LogP contribution in [0.25, 0.3) is 0 Å². The monoisotopic (exact) mass is 311 g/mol. The smallest absolute Gasteiger partial charge is 0.230 e. The number of amides is 1. The lowest BCUT2D eigenvalue weighted by molar-refractivity contribution is -0.124. The Morgan fingerprint density at radius 3 is 2.55 bits per heavy atom. The molecule has 2 fully saturated rings. The van der Waals surface area contributed by atoms with Crippen LogP contribution in [0.4, 0.5) is 0 Å². The summed E-state index contributed by atoms with van der Waals surface area (Å²) in [5.41, 5.74) is -0.101. The first-order chi connectivity index (χ1) is 9.54. The van der Waals surface area contributed by atoms with Crippen LogP contribution in [0, 0.1) is 0 Å². The molecular formula is C15H18ClNO2S. The minimum Gasteiger partial charge on any atom is -0.387 e. The summed E-state index contributed by atoms with van der Waals surface area (Å²) in [4.78, 5) is 12.4. The first kappa shape index (κ1) is 14.2. The van der Waals surface area contributed by atoms with Crippen molar-refractivity contribution in [2.75, 3.05) is 18.1 Å². The number of aliphatic hydroxyl groups is 1. The summed E-state index contributed by atoms with van der Waals surface area (Å²) in [7, 11) is 0. The first-order valence-electron chi connectivity index (χ1n) is 6.89. The number of nitrogens with one attached hydrogen (secondary N) is 1. The summed E-state index contributed by atoms with van der Waals surface area (Å²) >= 11 is 7.63. The number of hydrogen-bond donors (Lipinski definition) is 2. The maximum atomic E-state index is 12.4. The van der Waals surface area contributed by atoms with Crippen LogP contribution >= 0.6 is 23.4 Å². The molecule has 1 atom stereocenters. The molecule has 3 rings (SSSR count). The Labute approximate surface area is 128 Å². The molecule has 1 aromatic rings. The molecule has 0 unspecified atom stereocenters. The van der Waals surface area contributed by atoms with E-state index in [0.717, 1.165) is 30.6 Å². The average Bonchev–Trinajstić information content (AvgIpc) is 3.14. The van der Waals surface area contributed by atoms with Crippen molar-refractivity contribution in [1.29, 1.82) is 0 Å². The van der Waals surface area contributed by atoms with Crippen LogP contribution in [0.1, 0.15) is 24.8 Å². The summed E-state index contributed by atoms with van der Waals surface area (Å²) in [6.45, 7) is 0.355. The lowest BCUT2D eigenvalue weighted by Gasteiger charge is -2.24. The molecule has 0 aromatic heterocycles. The lowest BCUT2D eigenvalue weighted by Crippen LogP contribution is -2.46. The molecule has 5 heteroatoms. The number of halogens is 1. The lowest BCUT2D eigenvalue weighted by atomic mass is 9.94. The molecule has 1 aromatic carbocycles. The fourth-order valence-electron chi connectivity index (χ4n) is 2.69. The predicted octanol–water partition coefficient (Wildman–Crippen LogP) is 2.36. The van der Waals surface area contributed by atoms with E-state index in [-0.39, 0.29) is 5.91 Å². The fraction of sp³-hybridized carbons (Fsp3) is 0.533. The number of benzene rings is 1. The highest BCUT2D eigenvalue weighted by Crippen LogP contribution is 2.48. The van der Waals surface area contributed by atoms with Gasteiger partial charge in [0.05, 0.1) is 11.0 Å². The molecule has 3 nitrogen and oxygen atoms in total. The zero-order chi connectivity index (χ0) is 14.2. The van der Waals surface area contributed by atoms with Gasteiger partial charge in [-0.3, -0.25) is 4.79 Å². The van der Waals surface area contributed by atoms with Crippen molar-refractivity contribution in [3.63, 3.8) is 0 Å². The number of rotatable bonds is 4. The van der Waals surface area contributed by atoms with Crippen molar-refractivity contribution in [3.05, 3.63) is 34.9 Å². The highest BCUT2D eigenvalue weighted by atomic mass is 35.5. The van der Waals surface area contributed by atoms with Gasteiger partial charge >= 0.3 is 0 Å². The molecule has 2 N–H and O–H groups in total. The predicted molar refractivity (Wildman–Crippen MR) is 82.3 cm³/mol. The van der Waals surface area contributed by atoms with E-state index in [2.05, 4.69) is 5.32 Å². The van der Waals surface area contributed by atoms with E-state index in [1.807, 2.05) is 24.3 Å². The summed E-state index contributed by atoms with van der Waals surface area (Å²) in [5.74, 6) is 1.71. The highest BCUT2D eigenvalue weighted by molar-refractivity contribution is 7.99. The van der Waals surface area contributed by atoms with Crippen LogP contribution in [0.5, 0.6) is 0 Å². The molecule has 1 saturated carbocycles. The van der Waals surface area contributed by atoms with Crippen molar-refractivity contribution < 1.29 is 9.90 Å². The van der Waals surface area contributed by atoms with Crippen molar-refractivity contribution in [3.8, 4) is 0 Å².